The van der Waals surface area contributed by atoms with Gasteiger partial charge >= 0.3 is 0 Å². The van der Waals surface area contributed by atoms with Crippen LogP contribution in [0.4, 0.5) is 0 Å². The Morgan fingerprint density at radius 2 is 2.25 bits per heavy atom. The maximum atomic E-state index is 12.3. The molecule has 1 aliphatic heterocycles. The van der Waals surface area contributed by atoms with E-state index in [1.807, 2.05) is 11.8 Å². The molecule has 1 fully saturated rings. The third kappa shape index (κ3) is 3.90. The summed E-state index contributed by atoms with van der Waals surface area (Å²) in [5.41, 5.74) is 0.645. The molecule has 1 aromatic rings. The Hall–Kier alpha value is -0.710. The van der Waals surface area contributed by atoms with Gasteiger partial charge in [-0.15, -0.1) is 0 Å². The second-order valence-electron chi connectivity index (χ2n) is 5.59. The number of hydrogen-bond donors (Lipinski definition) is 0. The van der Waals surface area contributed by atoms with Crippen molar-refractivity contribution >= 4 is 29.1 Å². The van der Waals surface area contributed by atoms with E-state index in [2.05, 4.69) is 18.7 Å². The molecule has 0 atom stereocenters. The first-order valence-electron chi connectivity index (χ1n) is 6.64. The highest BCUT2D eigenvalue weighted by Gasteiger charge is 2.28. The van der Waals surface area contributed by atoms with E-state index in [9.17, 15) is 4.79 Å². The highest BCUT2D eigenvalue weighted by Crippen LogP contribution is 2.30. The van der Waals surface area contributed by atoms with E-state index >= 15 is 0 Å². The molecule has 0 bridgehead atoms. The topological polar surface area (TPSA) is 29.5 Å². The Morgan fingerprint density at radius 3 is 2.85 bits per heavy atom. The third-order valence-corrected chi connectivity index (χ3v) is 4.94. The smallest absolute Gasteiger partial charge is 0.176 e. The van der Waals surface area contributed by atoms with Gasteiger partial charge < -0.3 is 4.74 Å². The number of ketones is 1. The van der Waals surface area contributed by atoms with E-state index in [1.54, 1.807) is 25.3 Å². The summed E-state index contributed by atoms with van der Waals surface area (Å²) < 4.78 is 5.32. The SMILES string of the molecule is COc1ccc(C(=O)CN2CCSC(C)(C)C2)cc1Cl. The maximum absolute atomic E-state index is 12.3. The Labute approximate surface area is 129 Å². The number of halogens is 1. The number of benzene rings is 1. The molecule has 3 nitrogen and oxygen atoms in total. The summed E-state index contributed by atoms with van der Waals surface area (Å²) in [4.78, 5) is 14.5. The highest BCUT2D eigenvalue weighted by atomic mass is 35.5. The van der Waals surface area contributed by atoms with Crippen molar-refractivity contribution in [1.29, 1.82) is 0 Å². The molecule has 0 saturated carbocycles. The zero-order valence-corrected chi connectivity index (χ0v) is 13.7. The first-order chi connectivity index (χ1) is 9.41. The van der Waals surface area contributed by atoms with E-state index in [1.165, 1.54) is 0 Å². The molecule has 5 heteroatoms. The Morgan fingerprint density at radius 1 is 1.50 bits per heavy atom. The standard InChI is InChI=1S/C15H20ClNO2S/c1-15(2)10-17(6-7-20-15)9-13(18)11-4-5-14(19-3)12(16)8-11/h4-5,8H,6-7,9-10H2,1-3H3. The number of rotatable bonds is 4. The third-order valence-electron chi connectivity index (χ3n) is 3.35. The molecule has 0 N–H and O–H groups in total. The van der Waals surface area contributed by atoms with Gasteiger partial charge in [-0.3, -0.25) is 9.69 Å². The monoisotopic (exact) mass is 313 g/mol. The maximum Gasteiger partial charge on any atom is 0.176 e. The van der Waals surface area contributed by atoms with Gasteiger partial charge in [-0.1, -0.05) is 11.6 Å². The van der Waals surface area contributed by atoms with Gasteiger partial charge in [0.25, 0.3) is 0 Å². The minimum absolute atomic E-state index is 0.109. The minimum Gasteiger partial charge on any atom is -0.495 e. The Kier molecular flexibility index (Phi) is 4.99. The molecule has 1 aromatic carbocycles. The van der Waals surface area contributed by atoms with Gasteiger partial charge in [0, 0.05) is 29.2 Å². The van der Waals surface area contributed by atoms with Crippen LogP contribution in [-0.4, -0.2) is 47.9 Å². The summed E-state index contributed by atoms with van der Waals surface area (Å²) in [5, 5.41) is 0.480. The van der Waals surface area contributed by atoms with Crippen LogP contribution in [0.25, 0.3) is 0 Å². The van der Waals surface area contributed by atoms with Crippen LogP contribution in [-0.2, 0) is 0 Å². The van der Waals surface area contributed by atoms with Gasteiger partial charge in [-0.2, -0.15) is 11.8 Å². The van der Waals surface area contributed by atoms with Crippen molar-refractivity contribution in [3.63, 3.8) is 0 Å². The van der Waals surface area contributed by atoms with Crippen molar-refractivity contribution < 1.29 is 9.53 Å². The van der Waals surface area contributed by atoms with Crippen LogP contribution >= 0.6 is 23.4 Å². The van der Waals surface area contributed by atoms with Gasteiger partial charge in [0.15, 0.2) is 5.78 Å². The molecule has 0 aliphatic carbocycles. The number of carbonyl (C=O) groups excluding carboxylic acids is 1. The largest absolute Gasteiger partial charge is 0.495 e. The number of carbonyl (C=O) groups is 1. The molecule has 0 amide bonds. The zero-order valence-electron chi connectivity index (χ0n) is 12.1. The summed E-state index contributed by atoms with van der Waals surface area (Å²) in [5.74, 6) is 1.78. The van der Waals surface area contributed by atoms with E-state index < -0.39 is 0 Å². The van der Waals surface area contributed by atoms with E-state index in [0.29, 0.717) is 22.9 Å². The second-order valence-corrected chi connectivity index (χ2v) is 7.80. The lowest BCUT2D eigenvalue weighted by atomic mass is 10.1. The van der Waals surface area contributed by atoms with Crippen LogP contribution in [0, 0.1) is 0 Å². The quantitative estimate of drug-likeness (QED) is 0.797. The van der Waals surface area contributed by atoms with Crippen molar-refractivity contribution in [1.82, 2.24) is 4.90 Å². The number of thioether (sulfide) groups is 1. The predicted molar refractivity (Wildman–Crippen MR) is 85.3 cm³/mol. The molecule has 0 unspecified atom stereocenters. The van der Waals surface area contributed by atoms with Crippen molar-refractivity contribution in [2.45, 2.75) is 18.6 Å². The summed E-state index contributed by atoms with van der Waals surface area (Å²) in [7, 11) is 1.57. The average molecular weight is 314 g/mol. The fourth-order valence-electron chi connectivity index (χ4n) is 2.38. The van der Waals surface area contributed by atoms with E-state index in [0.717, 1.165) is 18.8 Å². The van der Waals surface area contributed by atoms with Crippen molar-refractivity contribution in [3.05, 3.63) is 28.8 Å². The Balaban J connectivity index is 2.03. The molecule has 110 valence electrons. The van der Waals surface area contributed by atoms with Gasteiger partial charge in [-0.05, 0) is 32.0 Å². The summed E-state index contributed by atoms with van der Waals surface area (Å²) in [6.45, 7) is 6.79. The zero-order chi connectivity index (χ0) is 14.8. The summed E-state index contributed by atoms with van der Waals surface area (Å²) in [6.07, 6.45) is 0. The molecule has 0 aromatic heterocycles. The molecule has 20 heavy (non-hydrogen) atoms. The lowest BCUT2D eigenvalue weighted by Gasteiger charge is -2.37. The number of hydrogen-bond acceptors (Lipinski definition) is 4. The summed E-state index contributed by atoms with van der Waals surface area (Å²) in [6, 6.07) is 5.20. The molecular weight excluding hydrogens is 294 g/mol. The van der Waals surface area contributed by atoms with E-state index in [4.69, 9.17) is 16.3 Å². The molecule has 1 aliphatic rings. The molecule has 0 spiro atoms. The molecule has 1 heterocycles. The number of ether oxygens (including phenoxy) is 1. The molecule has 1 saturated heterocycles. The predicted octanol–water partition coefficient (Wildman–Crippen LogP) is 3.36. The van der Waals surface area contributed by atoms with Crippen LogP contribution in [0.1, 0.15) is 24.2 Å². The lowest BCUT2D eigenvalue weighted by Crippen LogP contribution is -2.45. The lowest BCUT2D eigenvalue weighted by molar-refractivity contribution is 0.0927. The fourth-order valence-corrected chi connectivity index (χ4v) is 3.82. The van der Waals surface area contributed by atoms with Crippen LogP contribution in [0.3, 0.4) is 0 Å². The average Bonchev–Trinajstić information content (AvgIpc) is 2.37. The number of nitrogens with zero attached hydrogens (tertiary/aromatic N) is 1. The van der Waals surface area contributed by atoms with Gasteiger partial charge in [0.2, 0.25) is 0 Å². The van der Waals surface area contributed by atoms with Crippen LogP contribution in [0.2, 0.25) is 5.02 Å². The van der Waals surface area contributed by atoms with Gasteiger partial charge in [0.1, 0.15) is 5.75 Å². The molecule has 0 radical (unpaired) electrons. The van der Waals surface area contributed by atoms with Gasteiger partial charge in [-0.25, -0.2) is 0 Å². The first-order valence-corrected chi connectivity index (χ1v) is 8.01. The second kappa shape index (κ2) is 6.37. The molecule has 2 rings (SSSR count). The summed E-state index contributed by atoms with van der Waals surface area (Å²) >= 11 is 8.03. The number of Topliss-reactive ketones (excluding diaryl/α,β-unsaturated/α-hetero) is 1. The highest BCUT2D eigenvalue weighted by molar-refractivity contribution is 8.00. The molecular formula is C15H20ClNO2S. The van der Waals surface area contributed by atoms with Crippen molar-refractivity contribution in [2.24, 2.45) is 0 Å². The first kappa shape index (κ1) is 15.7. The van der Waals surface area contributed by atoms with E-state index in [-0.39, 0.29) is 10.5 Å². The normalized spacial score (nSPS) is 18.8. The Bertz CT molecular complexity index is 505. The number of methoxy groups -OCH3 is 1. The van der Waals surface area contributed by atoms with Crippen molar-refractivity contribution in [3.8, 4) is 5.75 Å². The van der Waals surface area contributed by atoms with Crippen LogP contribution in [0.5, 0.6) is 5.75 Å². The van der Waals surface area contributed by atoms with Crippen LogP contribution in [0.15, 0.2) is 18.2 Å². The van der Waals surface area contributed by atoms with Crippen LogP contribution < -0.4 is 4.74 Å². The fraction of sp³-hybridized carbons (Fsp3) is 0.533. The minimum atomic E-state index is 0.109. The van der Waals surface area contributed by atoms with Crippen molar-refractivity contribution in [2.75, 3.05) is 32.5 Å². The van der Waals surface area contributed by atoms with Gasteiger partial charge in [0.05, 0.1) is 18.7 Å².